The molecule has 13 atom stereocenters. The summed E-state index contributed by atoms with van der Waals surface area (Å²) < 4.78 is 54.6. The number of methoxy groups -OCH3 is 6. The summed E-state index contributed by atoms with van der Waals surface area (Å²) in [6, 6.07) is 44.2. The Bertz CT molecular complexity index is 3690. The Morgan fingerprint density at radius 3 is 1.11 bits per heavy atom. The Hall–Kier alpha value is -9.40. The second-order valence-corrected chi connectivity index (χ2v) is 25.5. The van der Waals surface area contributed by atoms with Crippen LogP contribution < -0.4 is 28.4 Å². The largest absolute Gasteiger partial charge is 0.508 e. The highest BCUT2D eigenvalue weighted by molar-refractivity contribution is 5.48. The minimum atomic E-state index is -0.902. The number of benzene rings is 8. The third-order valence-electron chi connectivity index (χ3n) is 19.3. The van der Waals surface area contributed by atoms with E-state index in [-0.39, 0.29) is 143 Å². The van der Waals surface area contributed by atoms with Crippen LogP contribution in [0.1, 0.15) is 75.0 Å². The summed E-state index contributed by atoms with van der Waals surface area (Å²) >= 11 is 0. The molecule has 23 heteroatoms. The molecule has 0 aromatic heterocycles. The maximum atomic E-state index is 10.8. The van der Waals surface area contributed by atoms with Crippen LogP contribution in [0.2, 0.25) is 0 Å². The number of aliphatic hydroxyl groups excluding tert-OH is 5. The van der Waals surface area contributed by atoms with Crippen LogP contribution >= 0.6 is 0 Å². The average Bonchev–Trinajstić information content (AvgIpc) is 1.63. The quantitative estimate of drug-likeness (QED) is 0.0283. The van der Waals surface area contributed by atoms with E-state index in [4.69, 9.17) is 47.4 Å². The number of hydrogen-bond acceptors (Lipinski definition) is 23. The summed E-state index contributed by atoms with van der Waals surface area (Å²) in [5.41, 5.74) is 6.81. The van der Waals surface area contributed by atoms with Crippen molar-refractivity contribution in [2.75, 3.05) is 95.5 Å². The summed E-state index contributed by atoms with van der Waals surface area (Å²) in [6.07, 6.45) is -0.408. The molecule has 23 nitrogen and oxygen atoms in total. The fraction of sp³-hybridized carbons (Fsp3) is 0.385. The van der Waals surface area contributed by atoms with Gasteiger partial charge < -0.3 is 114 Å². The molecule has 4 fully saturated rings. The van der Waals surface area contributed by atoms with Gasteiger partial charge in [-0.2, -0.15) is 0 Å². The van der Waals surface area contributed by atoms with Crippen molar-refractivity contribution in [3.8, 4) is 80.5 Å². The summed E-state index contributed by atoms with van der Waals surface area (Å²) in [5, 5.41) is 129. The molecule has 0 spiro atoms. The van der Waals surface area contributed by atoms with Crippen molar-refractivity contribution in [1.29, 1.82) is 0 Å². The molecule has 4 aliphatic heterocycles. The van der Waals surface area contributed by atoms with E-state index in [2.05, 4.69) is 0 Å². The molecule has 4 aliphatic rings. The Morgan fingerprint density at radius 2 is 0.733 bits per heavy atom. The van der Waals surface area contributed by atoms with Crippen molar-refractivity contribution >= 4 is 0 Å². The topological polar surface area (TPSA) is 355 Å². The van der Waals surface area contributed by atoms with E-state index < -0.39 is 12.2 Å². The molecular weight excluding hydrogens is 1300 g/mol. The zero-order chi connectivity index (χ0) is 72.4. The molecule has 0 aliphatic carbocycles. The molecule has 0 saturated carbocycles. The summed E-state index contributed by atoms with van der Waals surface area (Å²) in [4.78, 5) is 0. The first-order chi connectivity index (χ1) is 48.8. The van der Waals surface area contributed by atoms with E-state index in [0.717, 1.165) is 33.4 Å². The third-order valence-corrected chi connectivity index (χ3v) is 19.3. The van der Waals surface area contributed by atoms with Gasteiger partial charge in [-0.3, -0.25) is 0 Å². The Labute approximate surface area is 586 Å². The molecule has 4 heterocycles. The van der Waals surface area contributed by atoms with Gasteiger partial charge in [0.05, 0.1) is 106 Å². The van der Waals surface area contributed by atoms with Gasteiger partial charge in [-0.05, 0) is 179 Å². The Balaban J connectivity index is 0.000000157. The van der Waals surface area contributed by atoms with Crippen LogP contribution in [0.25, 0.3) is 0 Å². The predicted octanol–water partition coefficient (Wildman–Crippen LogP) is 10.1. The number of aliphatic hydroxyl groups is 5. The summed E-state index contributed by atoms with van der Waals surface area (Å²) in [7, 11) is 8.96. The van der Waals surface area contributed by atoms with E-state index in [1.807, 2.05) is 42.5 Å². The summed E-state index contributed by atoms with van der Waals surface area (Å²) in [5.74, 6) is 2.55. The van der Waals surface area contributed by atoms with Gasteiger partial charge in [0.25, 0.3) is 0 Å². The summed E-state index contributed by atoms with van der Waals surface area (Å²) in [6.45, 7) is 2.19. The van der Waals surface area contributed by atoms with Gasteiger partial charge in [-0.25, -0.2) is 0 Å². The molecule has 12 rings (SSSR count). The van der Waals surface area contributed by atoms with Gasteiger partial charge in [-0.1, -0.05) is 60.7 Å². The second kappa shape index (κ2) is 35.8. The minimum Gasteiger partial charge on any atom is -0.508 e. The maximum absolute atomic E-state index is 10.8. The molecule has 4 saturated heterocycles. The Morgan fingerprint density at radius 1 is 0.376 bits per heavy atom. The van der Waals surface area contributed by atoms with Crippen molar-refractivity contribution in [1.82, 2.24) is 0 Å². The third kappa shape index (κ3) is 18.6. The average molecular weight is 1400 g/mol. The van der Waals surface area contributed by atoms with Crippen molar-refractivity contribution in [3.63, 3.8) is 0 Å². The highest BCUT2D eigenvalue weighted by Crippen LogP contribution is 2.52. The fourth-order valence-corrected chi connectivity index (χ4v) is 13.7. The molecular formula is C78H92O23. The van der Waals surface area contributed by atoms with Crippen LogP contribution in [0.4, 0.5) is 0 Å². The first-order valence-corrected chi connectivity index (χ1v) is 33.1. The number of ether oxygens (including phenoxy) is 10. The van der Waals surface area contributed by atoms with Gasteiger partial charge in [0.1, 0.15) is 11.5 Å². The van der Waals surface area contributed by atoms with E-state index in [9.17, 15) is 66.4 Å². The first kappa shape index (κ1) is 75.8. The lowest BCUT2D eigenvalue weighted by Crippen LogP contribution is -2.26. The fourth-order valence-electron chi connectivity index (χ4n) is 13.7. The highest BCUT2D eigenvalue weighted by atomic mass is 16.5. The number of phenols is 8. The smallest absolute Gasteiger partial charge is 0.160 e. The lowest BCUT2D eigenvalue weighted by Gasteiger charge is -2.27. The molecule has 8 aromatic carbocycles. The number of rotatable bonds is 23. The van der Waals surface area contributed by atoms with Gasteiger partial charge >= 0.3 is 0 Å². The standard InChI is InChI=1S/C20H24O7.C20H22O6.C20H24O6.C18H22O4/c1-25-17-7-11(3-5-15(17)21)19(23)13-9-27-10-14(13)20(24)12-4-6-16(22)18(8-12)26-2;1-23-17-7-11(3-5-15(17)21)19-13-9-26-20(14(13)10-25-19)12-4-6-16(22)18(8-12)24-2;1-24-18-8-12(3-5-16(18)22)7-14-11-26-20(15(14)10-21)13-4-6-17(23)19(9-13)25-2;19-11-15(7-13-3-1-5-17(21)9-13)16(12-20)8-14-4-2-6-18(22)10-14/h3-8,13-14,19-24H,9-10H2,1-2H3;3-8,13-14,19-22H,9-10H2,1-2H3;3-6,8-9,14-15,20-23H,7,10-11H2,1-2H3;1-6,9-10,15-16,19-22H,7-8,11-12H2. The van der Waals surface area contributed by atoms with E-state index in [1.54, 1.807) is 103 Å². The van der Waals surface area contributed by atoms with E-state index >= 15 is 0 Å². The molecule has 542 valence electrons. The molecule has 0 amide bonds. The number of hydrogen-bond donors (Lipinski definition) is 13. The molecule has 8 aromatic rings. The normalized spacial score (nSPS) is 21.6. The van der Waals surface area contributed by atoms with Crippen LogP contribution in [0, 0.1) is 47.3 Å². The first-order valence-electron chi connectivity index (χ1n) is 33.1. The van der Waals surface area contributed by atoms with Crippen LogP contribution in [0.5, 0.6) is 80.5 Å². The molecule has 0 radical (unpaired) electrons. The van der Waals surface area contributed by atoms with E-state index in [0.29, 0.717) is 86.4 Å². The molecule has 0 bridgehead atoms. The van der Waals surface area contributed by atoms with Gasteiger partial charge in [0.15, 0.2) is 69.0 Å². The number of fused-ring (bicyclic) bond motifs is 1. The number of aromatic hydroxyl groups is 8. The van der Waals surface area contributed by atoms with Crippen molar-refractivity contribution < 1.29 is 114 Å². The van der Waals surface area contributed by atoms with Gasteiger partial charge in [0.2, 0.25) is 0 Å². The monoisotopic (exact) mass is 1400 g/mol. The van der Waals surface area contributed by atoms with Gasteiger partial charge in [-0.15, -0.1) is 0 Å². The van der Waals surface area contributed by atoms with E-state index in [1.165, 1.54) is 54.8 Å². The maximum Gasteiger partial charge on any atom is 0.160 e. The second-order valence-electron chi connectivity index (χ2n) is 25.5. The Kier molecular flexibility index (Phi) is 26.8. The lowest BCUT2D eigenvalue weighted by atomic mass is 9.81. The predicted molar refractivity (Wildman–Crippen MR) is 371 cm³/mol. The van der Waals surface area contributed by atoms with Crippen molar-refractivity contribution in [2.45, 2.75) is 49.8 Å². The zero-order valence-electron chi connectivity index (χ0n) is 57.2. The lowest BCUT2D eigenvalue weighted by molar-refractivity contribution is 0.0191. The molecule has 13 unspecified atom stereocenters. The minimum absolute atomic E-state index is 0.00621. The van der Waals surface area contributed by atoms with Crippen LogP contribution in [0.3, 0.4) is 0 Å². The zero-order valence-corrected chi connectivity index (χ0v) is 57.2. The van der Waals surface area contributed by atoms with Crippen molar-refractivity contribution in [2.24, 2.45) is 47.3 Å². The SMILES string of the molecule is COc1cc(C(O)C2COCC2C(O)c2ccc(O)c(OC)c2)ccc1O.COc1cc(C2OCC3C(c4ccc(O)c(OC)c4)OCC23)ccc1O.COc1cc(CC2COC(c3ccc(O)c(OC)c3)C2CO)ccc1O.OCC(Cc1cccc(O)c1)C(CO)Cc1cccc(O)c1. The highest BCUT2D eigenvalue weighted by Gasteiger charge is 2.49. The van der Waals surface area contributed by atoms with Crippen LogP contribution in [0.15, 0.2) is 158 Å². The van der Waals surface area contributed by atoms with Crippen LogP contribution in [-0.2, 0) is 38.2 Å². The molecule has 13 N–H and O–H groups in total. The van der Waals surface area contributed by atoms with Crippen molar-refractivity contribution in [3.05, 3.63) is 202 Å². The molecule has 101 heavy (non-hydrogen) atoms. The van der Waals surface area contributed by atoms with Gasteiger partial charge in [0, 0.05) is 49.4 Å². The number of phenolic OH excluding ortho intramolecular Hbond substituents is 8. The van der Waals surface area contributed by atoms with Crippen LogP contribution in [-0.4, -0.2) is 162 Å².